The SMILES string of the molecule is O=C(COc1ccc(Cl)cc1)N/N=C/c1cn(Cc2c(F)cccc2Cl)nc1-c1ccccc1. The Morgan fingerprint density at radius 3 is 2.56 bits per heavy atom. The van der Waals surface area contributed by atoms with E-state index in [0.717, 1.165) is 5.56 Å². The zero-order valence-electron chi connectivity index (χ0n) is 17.8. The van der Waals surface area contributed by atoms with E-state index >= 15 is 0 Å². The first-order valence-electron chi connectivity index (χ1n) is 10.3. The number of hydrazone groups is 1. The lowest BCUT2D eigenvalue weighted by Crippen LogP contribution is -2.24. The third kappa shape index (κ3) is 6.01. The number of carbonyl (C=O) groups excluding carboxylic acids is 1. The lowest BCUT2D eigenvalue weighted by molar-refractivity contribution is -0.123. The van der Waals surface area contributed by atoms with Crippen LogP contribution in [0, 0.1) is 5.82 Å². The zero-order chi connectivity index (χ0) is 23.9. The Morgan fingerprint density at radius 2 is 1.82 bits per heavy atom. The summed E-state index contributed by atoms with van der Waals surface area (Å²) >= 11 is 12.0. The molecule has 6 nitrogen and oxygen atoms in total. The molecule has 4 rings (SSSR count). The molecule has 9 heteroatoms. The van der Waals surface area contributed by atoms with Crippen LogP contribution in [-0.2, 0) is 11.3 Å². The second kappa shape index (κ2) is 11.0. The first kappa shape index (κ1) is 23.5. The smallest absolute Gasteiger partial charge is 0.277 e. The number of hydrogen-bond acceptors (Lipinski definition) is 4. The second-order valence-electron chi connectivity index (χ2n) is 7.23. The van der Waals surface area contributed by atoms with E-state index in [9.17, 15) is 9.18 Å². The van der Waals surface area contributed by atoms with Crippen LogP contribution < -0.4 is 10.2 Å². The minimum atomic E-state index is -0.432. The van der Waals surface area contributed by atoms with Gasteiger partial charge < -0.3 is 4.74 Å². The van der Waals surface area contributed by atoms with Gasteiger partial charge in [-0.05, 0) is 36.4 Å². The van der Waals surface area contributed by atoms with Crippen molar-refractivity contribution in [3.63, 3.8) is 0 Å². The Hall–Kier alpha value is -3.68. The molecule has 1 amide bonds. The van der Waals surface area contributed by atoms with Gasteiger partial charge in [-0.3, -0.25) is 9.48 Å². The van der Waals surface area contributed by atoms with Crippen LogP contribution in [0.3, 0.4) is 0 Å². The van der Waals surface area contributed by atoms with Crippen molar-refractivity contribution in [1.29, 1.82) is 0 Å². The van der Waals surface area contributed by atoms with E-state index in [1.165, 1.54) is 12.3 Å². The first-order chi connectivity index (χ1) is 16.5. The van der Waals surface area contributed by atoms with Gasteiger partial charge in [-0.25, -0.2) is 9.82 Å². The van der Waals surface area contributed by atoms with Gasteiger partial charge in [0.25, 0.3) is 5.91 Å². The maximum atomic E-state index is 14.3. The van der Waals surface area contributed by atoms with Gasteiger partial charge in [0.1, 0.15) is 17.3 Å². The van der Waals surface area contributed by atoms with E-state index in [2.05, 4.69) is 15.6 Å². The lowest BCUT2D eigenvalue weighted by Gasteiger charge is -2.05. The summed E-state index contributed by atoms with van der Waals surface area (Å²) < 4.78 is 21.2. The van der Waals surface area contributed by atoms with E-state index in [4.69, 9.17) is 27.9 Å². The van der Waals surface area contributed by atoms with Gasteiger partial charge in [0, 0.05) is 32.9 Å². The number of nitrogens with zero attached hydrogens (tertiary/aromatic N) is 3. The molecule has 0 aliphatic heterocycles. The fourth-order valence-corrected chi connectivity index (χ4v) is 3.51. The molecule has 1 heterocycles. The number of hydrogen-bond donors (Lipinski definition) is 1. The Morgan fingerprint density at radius 1 is 1.06 bits per heavy atom. The monoisotopic (exact) mass is 496 g/mol. The van der Waals surface area contributed by atoms with Gasteiger partial charge in [-0.15, -0.1) is 0 Å². The largest absolute Gasteiger partial charge is 0.484 e. The molecule has 34 heavy (non-hydrogen) atoms. The highest BCUT2D eigenvalue weighted by Gasteiger charge is 2.13. The number of amides is 1. The highest BCUT2D eigenvalue weighted by Crippen LogP contribution is 2.24. The molecular weight excluding hydrogens is 478 g/mol. The minimum absolute atomic E-state index is 0.139. The van der Waals surface area contributed by atoms with Gasteiger partial charge in [-0.1, -0.05) is 59.6 Å². The Labute approximate surface area is 205 Å². The fourth-order valence-electron chi connectivity index (χ4n) is 3.16. The topological polar surface area (TPSA) is 68.5 Å². The summed E-state index contributed by atoms with van der Waals surface area (Å²) in [5.41, 5.74) is 4.88. The standard InChI is InChI=1S/C25H19Cl2FN4O2/c26-19-9-11-20(12-10-19)34-16-24(33)30-29-13-18-14-32(15-21-22(27)7-4-8-23(21)28)31-25(18)17-5-2-1-3-6-17/h1-14H,15-16H2,(H,30,33)/b29-13+. The molecule has 0 fully saturated rings. The maximum absolute atomic E-state index is 14.3. The predicted molar refractivity (Wildman–Crippen MR) is 131 cm³/mol. The molecule has 3 aromatic carbocycles. The summed E-state index contributed by atoms with van der Waals surface area (Å²) in [5, 5.41) is 9.52. The van der Waals surface area contributed by atoms with Crippen LogP contribution in [0.15, 0.2) is 84.1 Å². The Bertz CT molecular complexity index is 1290. The van der Waals surface area contributed by atoms with Crippen molar-refractivity contribution in [2.45, 2.75) is 6.54 Å². The number of benzene rings is 3. The summed E-state index contributed by atoms with van der Waals surface area (Å²) in [6.45, 7) is -0.0734. The Kier molecular flexibility index (Phi) is 7.57. The summed E-state index contributed by atoms with van der Waals surface area (Å²) in [5.74, 6) is -0.326. The molecule has 4 aromatic rings. The van der Waals surface area contributed by atoms with Crippen molar-refractivity contribution >= 4 is 35.3 Å². The number of carbonyl (C=O) groups is 1. The van der Waals surface area contributed by atoms with Crippen molar-refractivity contribution in [2.24, 2.45) is 5.10 Å². The van der Waals surface area contributed by atoms with E-state index in [1.54, 1.807) is 47.3 Å². The van der Waals surface area contributed by atoms with Gasteiger partial charge in [0.2, 0.25) is 0 Å². The van der Waals surface area contributed by atoms with Crippen molar-refractivity contribution in [1.82, 2.24) is 15.2 Å². The predicted octanol–water partition coefficient (Wildman–Crippen LogP) is 5.57. The minimum Gasteiger partial charge on any atom is -0.484 e. The van der Waals surface area contributed by atoms with E-state index < -0.39 is 11.7 Å². The van der Waals surface area contributed by atoms with Crippen molar-refractivity contribution < 1.29 is 13.9 Å². The van der Waals surface area contributed by atoms with Crippen molar-refractivity contribution in [3.8, 4) is 17.0 Å². The van der Waals surface area contributed by atoms with Crippen molar-refractivity contribution in [3.05, 3.63) is 106 Å². The zero-order valence-corrected chi connectivity index (χ0v) is 19.3. The van der Waals surface area contributed by atoms with Crippen LogP contribution >= 0.6 is 23.2 Å². The third-order valence-electron chi connectivity index (χ3n) is 4.80. The van der Waals surface area contributed by atoms with Gasteiger partial charge in [0.15, 0.2) is 6.61 Å². The summed E-state index contributed by atoms with van der Waals surface area (Å²) in [6, 6.07) is 20.7. The molecule has 1 aromatic heterocycles. The molecule has 1 N–H and O–H groups in total. The van der Waals surface area contributed by atoms with E-state index in [-0.39, 0.29) is 13.2 Å². The average molecular weight is 497 g/mol. The van der Waals surface area contributed by atoms with Crippen LogP contribution in [0.25, 0.3) is 11.3 Å². The molecule has 0 radical (unpaired) electrons. The molecular formula is C25H19Cl2FN4O2. The molecule has 0 aliphatic carbocycles. The van der Waals surface area contributed by atoms with Gasteiger partial charge in [0.05, 0.1) is 12.8 Å². The number of nitrogens with one attached hydrogen (secondary N) is 1. The molecule has 0 saturated heterocycles. The second-order valence-corrected chi connectivity index (χ2v) is 8.08. The molecule has 172 valence electrons. The highest BCUT2D eigenvalue weighted by molar-refractivity contribution is 6.31. The van der Waals surface area contributed by atoms with E-state index in [1.807, 2.05) is 30.3 Å². The molecule has 0 aliphatic rings. The van der Waals surface area contributed by atoms with Crippen LogP contribution in [0.5, 0.6) is 5.75 Å². The number of ether oxygens (including phenoxy) is 1. The first-order valence-corrected chi connectivity index (χ1v) is 11.0. The normalized spacial score (nSPS) is 11.0. The van der Waals surface area contributed by atoms with Crippen LogP contribution in [0.4, 0.5) is 4.39 Å². The quantitative estimate of drug-likeness (QED) is 0.256. The highest BCUT2D eigenvalue weighted by atomic mass is 35.5. The van der Waals surface area contributed by atoms with Crippen LogP contribution in [0.1, 0.15) is 11.1 Å². The molecule has 0 saturated carbocycles. The van der Waals surface area contributed by atoms with Crippen molar-refractivity contribution in [2.75, 3.05) is 6.61 Å². The summed E-state index contributed by atoms with van der Waals surface area (Å²) in [7, 11) is 0. The fraction of sp³-hybridized carbons (Fsp3) is 0.0800. The number of aromatic nitrogens is 2. The Balaban J connectivity index is 1.48. The molecule has 0 atom stereocenters. The molecule has 0 unspecified atom stereocenters. The van der Waals surface area contributed by atoms with Gasteiger partial charge in [-0.2, -0.15) is 10.2 Å². The lowest BCUT2D eigenvalue weighted by atomic mass is 10.1. The van der Waals surface area contributed by atoms with Crippen LogP contribution in [0.2, 0.25) is 10.0 Å². The van der Waals surface area contributed by atoms with Gasteiger partial charge >= 0.3 is 0 Å². The van der Waals surface area contributed by atoms with E-state index in [0.29, 0.717) is 32.6 Å². The summed E-state index contributed by atoms with van der Waals surface area (Å²) in [6.07, 6.45) is 3.19. The third-order valence-corrected chi connectivity index (χ3v) is 5.40. The molecule has 0 spiro atoms. The molecule has 0 bridgehead atoms. The average Bonchev–Trinajstić information content (AvgIpc) is 3.24. The number of rotatable bonds is 8. The maximum Gasteiger partial charge on any atom is 0.277 e. The summed E-state index contributed by atoms with van der Waals surface area (Å²) in [4.78, 5) is 12.1. The van der Waals surface area contributed by atoms with Crippen LogP contribution in [-0.4, -0.2) is 28.5 Å². The number of halogens is 3.